The summed E-state index contributed by atoms with van der Waals surface area (Å²) in [7, 11) is 0. The van der Waals surface area contributed by atoms with Gasteiger partial charge in [-0.05, 0) is 12.8 Å². The van der Waals surface area contributed by atoms with E-state index >= 15 is 0 Å². The number of aliphatic carboxylic acids is 1. The zero-order valence-electron chi connectivity index (χ0n) is 10.6. The predicted molar refractivity (Wildman–Crippen MR) is 66.5 cm³/mol. The predicted octanol–water partition coefficient (Wildman–Crippen LogP) is 1.28. The van der Waals surface area contributed by atoms with Crippen molar-refractivity contribution < 1.29 is 32.6 Å². The number of ether oxygens (including phenoxy) is 1. The van der Waals surface area contributed by atoms with Crippen molar-refractivity contribution in [1.82, 2.24) is 5.32 Å². The Morgan fingerprint density at radius 1 is 1.45 bits per heavy atom. The molecule has 0 bridgehead atoms. The minimum absolute atomic E-state index is 0.229. The van der Waals surface area contributed by atoms with Crippen molar-refractivity contribution in [2.45, 2.75) is 25.1 Å². The SMILES string of the molecule is O=C(CSCC(F)(F)F)NC(C(=O)O)C1CCCOC1. The maximum atomic E-state index is 11.9. The van der Waals surface area contributed by atoms with Crippen molar-refractivity contribution >= 4 is 23.6 Å². The number of alkyl halides is 3. The van der Waals surface area contributed by atoms with E-state index in [1.54, 1.807) is 0 Å². The molecule has 1 aliphatic rings. The van der Waals surface area contributed by atoms with Gasteiger partial charge in [0, 0.05) is 12.5 Å². The van der Waals surface area contributed by atoms with Crippen molar-refractivity contribution in [3.8, 4) is 0 Å². The van der Waals surface area contributed by atoms with Crippen LogP contribution < -0.4 is 5.32 Å². The van der Waals surface area contributed by atoms with Crippen LogP contribution in [0.2, 0.25) is 0 Å². The van der Waals surface area contributed by atoms with Gasteiger partial charge in [0.1, 0.15) is 6.04 Å². The molecule has 1 rings (SSSR count). The zero-order valence-corrected chi connectivity index (χ0v) is 11.4. The number of halogens is 3. The number of carboxylic acid groups (broad SMARTS) is 1. The van der Waals surface area contributed by atoms with E-state index in [0.717, 1.165) is 0 Å². The molecule has 116 valence electrons. The fourth-order valence-electron chi connectivity index (χ4n) is 1.88. The van der Waals surface area contributed by atoms with Gasteiger partial charge in [-0.3, -0.25) is 4.79 Å². The highest BCUT2D eigenvalue weighted by Gasteiger charge is 2.32. The van der Waals surface area contributed by atoms with Gasteiger partial charge in [-0.2, -0.15) is 13.2 Å². The Hall–Kier alpha value is -0.960. The van der Waals surface area contributed by atoms with Crippen LogP contribution in [0.3, 0.4) is 0 Å². The molecule has 9 heteroatoms. The molecular weight excluding hydrogens is 299 g/mol. The van der Waals surface area contributed by atoms with Crippen molar-refractivity contribution in [3.63, 3.8) is 0 Å². The Kier molecular flexibility index (Phi) is 6.60. The number of carbonyl (C=O) groups is 2. The van der Waals surface area contributed by atoms with Crippen LogP contribution in [-0.4, -0.2) is 53.9 Å². The standard InChI is InChI=1S/C11H16F3NO4S/c12-11(13,14)6-20-5-8(16)15-9(10(17)18)7-2-1-3-19-4-7/h7,9H,1-6H2,(H,15,16)(H,17,18). The van der Waals surface area contributed by atoms with Crippen molar-refractivity contribution in [1.29, 1.82) is 0 Å². The molecule has 20 heavy (non-hydrogen) atoms. The van der Waals surface area contributed by atoms with Gasteiger partial charge in [0.05, 0.1) is 18.1 Å². The van der Waals surface area contributed by atoms with Crippen molar-refractivity contribution in [2.75, 3.05) is 24.7 Å². The fraction of sp³-hybridized carbons (Fsp3) is 0.818. The van der Waals surface area contributed by atoms with E-state index in [4.69, 9.17) is 9.84 Å². The van der Waals surface area contributed by atoms with E-state index in [1.807, 2.05) is 0 Å². The molecule has 2 atom stereocenters. The molecule has 0 aromatic rings. The molecule has 5 nitrogen and oxygen atoms in total. The number of carbonyl (C=O) groups excluding carboxylic acids is 1. The summed E-state index contributed by atoms with van der Waals surface area (Å²) in [5, 5.41) is 11.3. The molecule has 2 unspecified atom stereocenters. The summed E-state index contributed by atoms with van der Waals surface area (Å²) in [5.74, 6) is -3.81. The molecule has 0 aliphatic carbocycles. The largest absolute Gasteiger partial charge is 0.480 e. The highest BCUT2D eigenvalue weighted by molar-refractivity contribution is 8.00. The number of hydrogen-bond donors (Lipinski definition) is 2. The fourth-order valence-corrected chi connectivity index (χ4v) is 2.49. The minimum Gasteiger partial charge on any atom is -0.480 e. The number of thioether (sulfide) groups is 1. The normalized spacial score (nSPS) is 21.2. The Morgan fingerprint density at radius 2 is 2.15 bits per heavy atom. The Balaban J connectivity index is 2.41. The molecule has 0 radical (unpaired) electrons. The Labute approximate surface area is 118 Å². The maximum Gasteiger partial charge on any atom is 0.397 e. The quantitative estimate of drug-likeness (QED) is 0.772. The van der Waals surface area contributed by atoms with E-state index in [0.29, 0.717) is 31.2 Å². The summed E-state index contributed by atoms with van der Waals surface area (Å²) in [6.45, 7) is 0.783. The van der Waals surface area contributed by atoms with E-state index in [2.05, 4.69) is 5.32 Å². The van der Waals surface area contributed by atoms with Crippen LogP contribution in [0.15, 0.2) is 0 Å². The first-order valence-electron chi connectivity index (χ1n) is 6.04. The number of nitrogens with one attached hydrogen (secondary N) is 1. The molecule has 0 saturated carbocycles. The zero-order chi connectivity index (χ0) is 15.2. The van der Waals surface area contributed by atoms with E-state index < -0.39 is 35.6 Å². The third-order valence-electron chi connectivity index (χ3n) is 2.75. The lowest BCUT2D eigenvalue weighted by Gasteiger charge is -2.28. The van der Waals surface area contributed by atoms with Crippen LogP contribution >= 0.6 is 11.8 Å². The average molecular weight is 315 g/mol. The van der Waals surface area contributed by atoms with E-state index in [9.17, 15) is 22.8 Å². The van der Waals surface area contributed by atoms with Crippen LogP contribution in [0.4, 0.5) is 13.2 Å². The van der Waals surface area contributed by atoms with Crippen molar-refractivity contribution in [2.24, 2.45) is 5.92 Å². The maximum absolute atomic E-state index is 11.9. The smallest absolute Gasteiger partial charge is 0.397 e. The topological polar surface area (TPSA) is 75.6 Å². The molecular formula is C11H16F3NO4S. The molecule has 1 amide bonds. The average Bonchev–Trinajstić information content (AvgIpc) is 2.35. The molecule has 2 N–H and O–H groups in total. The first-order valence-corrected chi connectivity index (χ1v) is 7.19. The van der Waals surface area contributed by atoms with Crippen LogP contribution in [0, 0.1) is 5.92 Å². The molecule has 1 saturated heterocycles. The van der Waals surface area contributed by atoms with Crippen LogP contribution in [0.25, 0.3) is 0 Å². The minimum atomic E-state index is -4.34. The summed E-state index contributed by atoms with van der Waals surface area (Å²) in [5.41, 5.74) is 0. The highest BCUT2D eigenvalue weighted by atomic mass is 32.2. The summed E-state index contributed by atoms with van der Waals surface area (Å²) < 4.78 is 40.9. The number of rotatable bonds is 6. The third kappa shape index (κ3) is 6.47. The van der Waals surface area contributed by atoms with Gasteiger partial charge in [0.15, 0.2) is 0 Å². The van der Waals surface area contributed by atoms with Crippen LogP contribution in [0.5, 0.6) is 0 Å². The highest BCUT2D eigenvalue weighted by Crippen LogP contribution is 2.21. The van der Waals surface area contributed by atoms with Gasteiger partial charge in [-0.25, -0.2) is 4.79 Å². The van der Waals surface area contributed by atoms with Crippen LogP contribution in [-0.2, 0) is 14.3 Å². The van der Waals surface area contributed by atoms with E-state index in [1.165, 1.54) is 0 Å². The molecule has 1 aliphatic heterocycles. The van der Waals surface area contributed by atoms with Gasteiger partial charge >= 0.3 is 12.1 Å². The Morgan fingerprint density at radius 3 is 2.65 bits per heavy atom. The van der Waals surface area contributed by atoms with Gasteiger partial charge in [0.2, 0.25) is 5.91 Å². The molecule has 0 aromatic heterocycles. The lowest BCUT2D eigenvalue weighted by molar-refractivity contribution is -0.144. The summed E-state index contributed by atoms with van der Waals surface area (Å²) in [6.07, 6.45) is -3.03. The van der Waals surface area contributed by atoms with Gasteiger partial charge < -0.3 is 15.2 Å². The van der Waals surface area contributed by atoms with Crippen molar-refractivity contribution in [3.05, 3.63) is 0 Å². The van der Waals surface area contributed by atoms with Gasteiger partial charge in [0.25, 0.3) is 0 Å². The molecule has 1 heterocycles. The second-order valence-electron chi connectivity index (χ2n) is 4.47. The van der Waals surface area contributed by atoms with E-state index in [-0.39, 0.29) is 12.5 Å². The molecule has 1 fully saturated rings. The third-order valence-corrected chi connectivity index (χ3v) is 3.75. The number of amides is 1. The second kappa shape index (κ2) is 7.72. The van der Waals surface area contributed by atoms with Crippen LogP contribution in [0.1, 0.15) is 12.8 Å². The first-order chi connectivity index (χ1) is 9.29. The molecule has 0 spiro atoms. The lowest BCUT2D eigenvalue weighted by Crippen LogP contribution is -2.49. The Bertz CT molecular complexity index is 345. The van der Waals surface area contributed by atoms with Gasteiger partial charge in [-0.15, -0.1) is 11.8 Å². The number of hydrogen-bond acceptors (Lipinski definition) is 4. The number of carboxylic acids is 1. The second-order valence-corrected chi connectivity index (χ2v) is 5.45. The summed E-state index contributed by atoms with van der Waals surface area (Å²) in [4.78, 5) is 22.6. The first kappa shape index (κ1) is 17.1. The van der Waals surface area contributed by atoms with Gasteiger partial charge in [-0.1, -0.05) is 0 Å². The molecule has 0 aromatic carbocycles. The summed E-state index contributed by atoms with van der Waals surface area (Å²) in [6, 6.07) is -1.12. The lowest BCUT2D eigenvalue weighted by atomic mass is 9.94. The summed E-state index contributed by atoms with van der Waals surface area (Å²) >= 11 is 0.407. The monoisotopic (exact) mass is 315 g/mol.